The second-order valence-electron chi connectivity index (χ2n) is 6.44. The molecule has 1 aromatic carbocycles. The van der Waals surface area contributed by atoms with Crippen molar-refractivity contribution < 1.29 is 0 Å². The van der Waals surface area contributed by atoms with Crippen LogP contribution in [0.25, 0.3) is 0 Å². The number of hydrogen-bond donors (Lipinski definition) is 1. The summed E-state index contributed by atoms with van der Waals surface area (Å²) in [5, 5.41) is 8.61. The molecule has 1 aromatic heterocycles. The van der Waals surface area contributed by atoms with Gasteiger partial charge >= 0.3 is 0 Å². The van der Waals surface area contributed by atoms with Crippen LogP contribution in [0.2, 0.25) is 0 Å². The standard InChI is InChI=1S/C18H27N5/c1-15-4-6-16(7-5-15)8-9-18-17(14-19)20-21-23(18)13-12-22-10-2-3-11-22/h4-7H,2-3,8-14,19H2,1H3. The first-order chi connectivity index (χ1) is 11.3. The molecule has 5 heteroatoms. The Morgan fingerprint density at radius 3 is 2.48 bits per heavy atom. The lowest BCUT2D eigenvalue weighted by molar-refractivity contribution is 0.312. The van der Waals surface area contributed by atoms with Crippen LogP contribution in [-0.4, -0.2) is 39.5 Å². The molecule has 2 aromatic rings. The SMILES string of the molecule is Cc1ccc(CCc2c(CN)nnn2CCN2CCCC2)cc1. The number of likely N-dealkylation sites (tertiary alicyclic amines) is 1. The van der Waals surface area contributed by atoms with Crippen LogP contribution in [-0.2, 0) is 25.9 Å². The molecule has 0 atom stereocenters. The highest BCUT2D eigenvalue weighted by molar-refractivity contribution is 5.22. The third kappa shape index (κ3) is 4.18. The molecule has 1 aliphatic heterocycles. The van der Waals surface area contributed by atoms with Crippen molar-refractivity contribution in [2.75, 3.05) is 19.6 Å². The van der Waals surface area contributed by atoms with Gasteiger partial charge in [-0.3, -0.25) is 0 Å². The van der Waals surface area contributed by atoms with Gasteiger partial charge in [0.1, 0.15) is 0 Å². The Kier molecular flexibility index (Phi) is 5.41. The predicted molar refractivity (Wildman–Crippen MR) is 92.2 cm³/mol. The second kappa shape index (κ2) is 7.70. The van der Waals surface area contributed by atoms with Crippen molar-refractivity contribution in [3.8, 4) is 0 Å². The van der Waals surface area contributed by atoms with Gasteiger partial charge in [-0.1, -0.05) is 35.0 Å². The monoisotopic (exact) mass is 313 g/mol. The number of nitrogens with two attached hydrogens (primary N) is 1. The van der Waals surface area contributed by atoms with E-state index in [1.165, 1.54) is 42.8 Å². The molecule has 1 fully saturated rings. The van der Waals surface area contributed by atoms with Gasteiger partial charge in [0, 0.05) is 13.1 Å². The molecule has 1 saturated heterocycles. The summed E-state index contributed by atoms with van der Waals surface area (Å²) >= 11 is 0. The van der Waals surface area contributed by atoms with Crippen LogP contribution in [0, 0.1) is 6.92 Å². The van der Waals surface area contributed by atoms with E-state index in [1.807, 2.05) is 0 Å². The first-order valence-corrected chi connectivity index (χ1v) is 8.65. The van der Waals surface area contributed by atoms with Gasteiger partial charge in [0.25, 0.3) is 0 Å². The van der Waals surface area contributed by atoms with E-state index in [9.17, 15) is 0 Å². The molecule has 0 aliphatic carbocycles. The van der Waals surface area contributed by atoms with Crippen molar-refractivity contribution in [3.05, 3.63) is 46.8 Å². The maximum atomic E-state index is 5.84. The number of nitrogens with zero attached hydrogens (tertiary/aromatic N) is 4. The Labute approximate surface area is 138 Å². The van der Waals surface area contributed by atoms with E-state index in [0.29, 0.717) is 6.54 Å². The van der Waals surface area contributed by atoms with Gasteiger partial charge in [-0.2, -0.15) is 0 Å². The average molecular weight is 313 g/mol. The fraction of sp³-hybridized carbons (Fsp3) is 0.556. The largest absolute Gasteiger partial charge is 0.325 e. The van der Waals surface area contributed by atoms with E-state index in [1.54, 1.807) is 0 Å². The molecule has 5 nitrogen and oxygen atoms in total. The Hall–Kier alpha value is -1.72. The molecule has 0 saturated carbocycles. The zero-order valence-electron chi connectivity index (χ0n) is 14.0. The van der Waals surface area contributed by atoms with Gasteiger partial charge in [-0.15, -0.1) is 5.10 Å². The number of aryl methyl sites for hydroxylation is 2. The third-order valence-corrected chi connectivity index (χ3v) is 4.71. The molecule has 2 N–H and O–H groups in total. The molecule has 23 heavy (non-hydrogen) atoms. The molecular weight excluding hydrogens is 286 g/mol. The van der Waals surface area contributed by atoms with E-state index in [2.05, 4.69) is 51.1 Å². The molecule has 0 bridgehead atoms. The quantitative estimate of drug-likeness (QED) is 0.848. The van der Waals surface area contributed by atoms with Crippen LogP contribution in [0.15, 0.2) is 24.3 Å². The summed E-state index contributed by atoms with van der Waals surface area (Å²) < 4.78 is 2.06. The lowest BCUT2D eigenvalue weighted by atomic mass is 10.1. The van der Waals surface area contributed by atoms with Crippen molar-refractivity contribution in [1.82, 2.24) is 19.9 Å². The maximum absolute atomic E-state index is 5.84. The lowest BCUT2D eigenvalue weighted by Gasteiger charge is -2.15. The topological polar surface area (TPSA) is 60.0 Å². The van der Waals surface area contributed by atoms with Gasteiger partial charge in [-0.05, 0) is 51.3 Å². The number of benzene rings is 1. The van der Waals surface area contributed by atoms with Gasteiger partial charge in [0.05, 0.1) is 17.9 Å². The van der Waals surface area contributed by atoms with Crippen molar-refractivity contribution in [3.63, 3.8) is 0 Å². The van der Waals surface area contributed by atoms with Gasteiger partial charge in [-0.25, -0.2) is 4.68 Å². The average Bonchev–Trinajstić information content (AvgIpc) is 3.21. The molecule has 0 unspecified atom stereocenters. The van der Waals surface area contributed by atoms with Crippen LogP contribution < -0.4 is 5.73 Å². The normalized spacial score (nSPS) is 15.4. The number of rotatable bonds is 7. The first kappa shape index (κ1) is 16.1. The van der Waals surface area contributed by atoms with Crippen molar-refractivity contribution >= 4 is 0 Å². The summed E-state index contributed by atoms with van der Waals surface area (Å²) in [7, 11) is 0. The smallest absolute Gasteiger partial charge is 0.0994 e. The Balaban J connectivity index is 1.64. The van der Waals surface area contributed by atoms with E-state index in [0.717, 1.165) is 31.6 Å². The van der Waals surface area contributed by atoms with E-state index < -0.39 is 0 Å². The molecule has 0 radical (unpaired) electrons. The second-order valence-corrected chi connectivity index (χ2v) is 6.44. The molecule has 3 rings (SSSR count). The van der Waals surface area contributed by atoms with Gasteiger partial charge in [0.2, 0.25) is 0 Å². The highest BCUT2D eigenvalue weighted by Gasteiger charge is 2.15. The minimum absolute atomic E-state index is 0.465. The third-order valence-electron chi connectivity index (χ3n) is 4.71. The lowest BCUT2D eigenvalue weighted by Crippen LogP contribution is -2.25. The van der Waals surface area contributed by atoms with Crippen LogP contribution in [0.4, 0.5) is 0 Å². The summed E-state index contributed by atoms with van der Waals surface area (Å²) in [5.74, 6) is 0. The molecule has 1 aliphatic rings. The summed E-state index contributed by atoms with van der Waals surface area (Å²) in [6, 6.07) is 8.75. The minimum Gasteiger partial charge on any atom is -0.325 e. The van der Waals surface area contributed by atoms with Crippen LogP contribution in [0.5, 0.6) is 0 Å². The fourth-order valence-corrected chi connectivity index (χ4v) is 3.24. The predicted octanol–water partition coefficient (Wildman–Crippen LogP) is 1.93. The van der Waals surface area contributed by atoms with Crippen molar-refractivity contribution in [2.24, 2.45) is 5.73 Å². The highest BCUT2D eigenvalue weighted by Crippen LogP contribution is 2.13. The van der Waals surface area contributed by atoms with Crippen molar-refractivity contribution in [2.45, 2.75) is 45.7 Å². The molecular formula is C18H27N5. The number of hydrogen-bond acceptors (Lipinski definition) is 4. The summed E-state index contributed by atoms with van der Waals surface area (Å²) in [6.45, 7) is 7.00. The van der Waals surface area contributed by atoms with Crippen LogP contribution in [0.1, 0.15) is 35.4 Å². The minimum atomic E-state index is 0.465. The molecule has 124 valence electrons. The summed E-state index contributed by atoms with van der Waals surface area (Å²) in [5.41, 5.74) is 10.6. The van der Waals surface area contributed by atoms with E-state index >= 15 is 0 Å². The fourth-order valence-electron chi connectivity index (χ4n) is 3.24. The molecule has 2 heterocycles. The highest BCUT2D eigenvalue weighted by atomic mass is 15.4. The first-order valence-electron chi connectivity index (χ1n) is 8.65. The van der Waals surface area contributed by atoms with Gasteiger partial charge < -0.3 is 10.6 Å². The van der Waals surface area contributed by atoms with Gasteiger partial charge in [0.15, 0.2) is 0 Å². The molecule has 0 amide bonds. The number of aromatic nitrogens is 3. The summed E-state index contributed by atoms with van der Waals surface area (Å²) in [4.78, 5) is 2.51. The van der Waals surface area contributed by atoms with Crippen molar-refractivity contribution in [1.29, 1.82) is 0 Å². The molecule has 0 spiro atoms. The van der Waals surface area contributed by atoms with E-state index in [4.69, 9.17) is 5.73 Å². The Bertz CT molecular complexity index is 611. The van der Waals surface area contributed by atoms with Crippen LogP contribution >= 0.6 is 0 Å². The van der Waals surface area contributed by atoms with E-state index in [-0.39, 0.29) is 0 Å². The summed E-state index contributed by atoms with van der Waals surface area (Å²) in [6.07, 6.45) is 4.60. The Morgan fingerprint density at radius 2 is 1.78 bits per heavy atom. The zero-order chi connectivity index (χ0) is 16.1. The van der Waals surface area contributed by atoms with Crippen LogP contribution in [0.3, 0.4) is 0 Å². The Morgan fingerprint density at radius 1 is 1.04 bits per heavy atom. The maximum Gasteiger partial charge on any atom is 0.0994 e. The zero-order valence-corrected chi connectivity index (χ0v) is 14.0.